The second-order valence-electron chi connectivity index (χ2n) is 16.0. The van der Waals surface area contributed by atoms with E-state index in [1.54, 1.807) is 11.3 Å². The third-order valence-corrected chi connectivity index (χ3v) is 13.3. The van der Waals surface area contributed by atoms with Crippen molar-refractivity contribution in [1.29, 1.82) is 0 Å². The minimum Gasteiger partial charge on any atom is -0.456 e. The number of hydrogen-bond acceptors (Lipinski definition) is 5. The summed E-state index contributed by atoms with van der Waals surface area (Å²) in [4.78, 5) is 15.6. The summed E-state index contributed by atoms with van der Waals surface area (Å²) in [6.45, 7) is 4.66. The molecule has 4 nitrogen and oxygen atoms in total. The van der Waals surface area contributed by atoms with Gasteiger partial charge in [-0.05, 0) is 80.9 Å². The molecule has 0 bridgehead atoms. The second-order valence-corrected chi connectivity index (χ2v) is 17.1. The highest BCUT2D eigenvalue weighted by molar-refractivity contribution is 7.25. The minimum atomic E-state index is -0.0843. The van der Waals surface area contributed by atoms with Crippen LogP contribution in [0.25, 0.3) is 110 Å². The predicted molar refractivity (Wildman–Crippen MR) is 245 cm³/mol. The van der Waals surface area contributed by atoms with Crippen molar-refractivity contribution in [1.82, 2.24) is 15.0 Å². The molecule has 0 N–H and O–H groups in total. The summed E-state index contributed by atoms with van der Waals surface area (Å²) >= 11 is 1.79. The summed E-state index contributed by atoms with van der Waals surface area (Å²) in [5.74, 6) is 1.85. The quantitative estimate of drug-likeness (QED) is 0.175. The Bertz CT molecular complexity index is 3470. The summed E-state index contributed by atoms with van der Waals surface area (Å²) in [6.07, 6.45) is 0. The lowest BCUT2D eigenvalue weighted by Gasteiger charge is -2.22. The molecule has 278 valence electrons. The molecule has 0 spiro atoms. The molecule has 1 aliphatic carbocycles. The van der Waals surface area contributed by atoms with E-state index in [-0.39, 0.29) is 5.41 Å². The SMILES string of the molecule is CC1(C)c2ccccc2-c2ccc(-c3ccc4oc5cccc(-c6nc(-c7ccc(-c8ccccc8)cc7)nc(-c7ccc8c(c7)sc7ccccc78)n6)c5c4c3)cc21. The number of rotatable bonds is 5. The van der Waals surface area contributed by atoms with E-state index in [2.05, 4.69) is 172 Å². The molecular formula is C54H35N3OS. The molecule has 0 saturated carbocycles. The fraction of sp³-hybridized carbons (Fsp3) is 0.0556. The number of furan rings is 1. The average Bonchev–Trinajstić information content (AvgIpc) is 3.93. The van der Waals surface area contributed by atoms with Gasteiger partial charge in [0.05, 0.1) is 0 Å². The Kier molecular flexibility index (Phi) is 7.41. The first kappa shape index (κ1) is 33.9. The molecule has 59 heavy (non-hydrogen) atoms. The maximum absolute atomic E-state index is 6.55. The van der Waals surface area contributed by atoms with E-state index in [4.69, 9.17) is 19.4 Å². The van der Waals surface area contributed by atoms with Gasteiger partial charge in [-0.2, -0.15) is 0 Å². The highest BCUT2D eigenvalue weighted by Crippen LogP contribution is 2.50. The lowest BCUT2D eigenvalue weighted by molar-refractivity contribution is 0.660. The van der Waals surface area contributed by atoms with Crippen LogP contribution in [-0.4, -0.2) is 15.0 Å². The first-order valence-electron chi connectivity index (χ1n) is 20.0. The van der Waals surface area contributed by atoms with Crippen LogP contribution in [0.5, 0.6) is 0 Å². The topological polar surface area (TPSA) is 51.8 Å². The van der Waals surface area contributed by atoms with Crippen molar-refractivity contribution >= 4 is 53.4 Å². The van der Waals surface area contributed by atoms with Crippen molar-refractivity contribution in [3.63, 3.8) is 0 Å². The van der Waals surface area contributed by atoms with Crippen molar-refractivity contribution in [3.05, 3.63) is 187 Å². The van der Waals surface area contributed by atoms with Gasteiger partial charge in [-0.25, -0.2) is 15.0 Å². The number of fused-ring (bicyclic) bond motifs is 9. The molecule has 0 fully saturated rings. The average molecular weight is 774 g/mol. The smallest absolute Gasteiger partial charge is 0.164 e. The molecule has 11 aromatic rings. The van der Waals surface area contributed by atoms with Gasteiger partial charge in [0.2, 0.25) is 0 Å². The predicted octanol–water partition coefficient (Wildman–Crippen LogP) is 14.8. The Balaban J connectivity index is 1.02. The van der Waals surface area contributed by atoms with Gasteiger partial charge in [0.1, 0.15) is 11.2 Å². The number of nitrogens with zero attached hydrogens (tertiary/aromatic N) is 3. The summed E-state index contributed by atoms with van der Waals surface area (Å²) < 4.78 is 9.02. The summed E-state index contributed by atoms with van der Waals surface area (Å²) in [5.41, 5.74) is 14.3. The summed E-state index contributed by atoms with van der Waals surface area (Å²) in [6, 6.07) is 62.5. The zero-order chi connectivity index (χ0) is 39.2. The largest absolute Gasteiger partial charge is 0.456 e. The van der Waals surface area contributed by atoms with E-state index < -0.39 is 0 Å². The molecule has 3 heterocycles. The number of thiophene rings is 1. The van der Waals surface area contributed by atoms with E-state index in [1.807, 2.05) is 18.2 Å². The first-order chi connectivity index (χ1) is 29.0. The molecule has 0 unspecified atom stereocenters. The van der Waals surface area contributed by atoms with Gasteiger partial charge in [-0.3, -0.25) is 0 Å². The van der Waals surface area contributed by atoms with Gasteiger partial charge >= 0.3 is 0 Å². The number of aromatic nitrogens is 3. The zero-order valence-electron chi connectivity index (χ0n) is 32.4. The minimum absolute atomic E-state index is 0.0843. The van der Waals surface area contributed by atoms with Crippen molar-refractivity contribution in [3.8, 4) is 67.5 Å². The molecule has 12 rings (SSSR count). The molecule has 0 aliphatic heterocycles. The van der Waals surface area contributed by atoms with Crippen LogP contribution >= 0.6 is 11.3 Å². The molecule has 0 radical (unpaired) electrons. The van der Waals surface area contributed by atoms with Gasteiger partial charge in [0.25, 0.3) is 0 Å². The van der Waals surface area contributed by atoms with Crippen LogP contribution in [0, 0.1) is 0 Å². The summed E-state index contributed by atoms with van der Waals surface area (Å²) in [5, 5.41) is 4.52. The van der Waals surface area contributed by atoms with E-state index in [1.165, 1.54) is 53.6 Å². The maximum atomic E-state index is 6.55. The van der Waals surface area contributed by atoms with Crippen LogP contribution in [0.3, 0.4) is 0 Å². The van der Waals surface area contributed by atoms with Crippen LogP contribution in [0.1, 0.15) is 25.0 Å². The van der Waals surface area contributed by atoms with Crippen LogP contribution in [-0.2, 0) is 5.41 Å². The molecule has 0 amide bonds. The van der Waals surface area contributed by atoms with E-state index in [0.717, 1.165) is 49.8 Å². The van der Waals surface area contributed by atoms with Crippen LogP contribution in [0.4, 0.5) is 0 Å². The highest BCUT2D eigenvalue weighted by atomic mass is 32.1. The number of benzene rings is 8. The Morgan fingerprint density at radius 2 is 1.02 bits per heavy atom. The first-order valence-corrected chi connectivity index (χ1v) is 20.8. The molecule has 8 aromatic carbocycles. The number of hydrogen-bond donors (Lipinski definition) is 0. The van der Waals surface area contributed by atoms with Crippen molar-refractivity contribution in [2.24, 2.45) is 0 Å². The van der Waals surface area contributed by atoms with Gasteiger partial charge in [0.15, 0.2) is 17.5 Å². The molecular weight excluding hydrogens is 739 g/mol. The molecule has 0 saturated heterocycles. The van der Waals surface area contributed by atoms with Gasteiger partial charge in [0, 0.05) is 53.1 Å². The molecule has 5 heteroatoms. The Labute approximate surface area is 345 Å². The molecule has 1 aliphatic rings. The van der Waals surface area contributed by atoms with Crippen molar-refractivity contribution in [2.45, 2.75) is 19.3 Å². The Morgan fingerprint density at radius 3 is 1.90 bits per heavy atom. The lowest BCUT2D eigenvalue weighted by atomic mass is 9.81. The van der Waals surface area contributed by atoms with Crippen LogP contribution < -0.4 is 0 Å². The molecule has 3 aromatic heterocycles. The van der Waals surface area contributed by atoms with Gasteiger partial charge in [-0.15, -0.1) is 11.3 Å². The Hall–Kier alpha value is -7.21. The molecule has 0 atom stereocenters. The lowest BCUT2D eigenvalue weighted by Crippen LogP contribution is -2.14. The summed E-state index contributed by atoms with van der Waals surface area (Å²) in [7, 11) is 0. The van der Waals surface area contributed by atoms with Gasteiger partial charge in [-0.1, -0.05) is 153 Å². The van der Waals surface area contributed by atoms with Gasteiger partial charge < -0.3 is 4.42 Å². The van der Waals surface area contributed by atoms with Crippen LogP contribution in [0.15, 0.2) is 180 Å². The standard InChI is InChI=1S/C54H35N3OS/c1-54(2)44-16-8-6-13-38(44)39-26-23-36(30-45(39)54)35-25-28-46-43(29-35)50-42(15-10-17-47(50)58-46)53-56-51(34-21-19-33(20-22-34)32-11-4-3-5-12-32)55-52(57-53)37-24-27-41-40-14-7-9-18-48(40)59-49(41)31-37/h3-31H,1-2H3. The zero-order valence-corrected chi connectivity index (χ0v) is 33.2. The third kappa shape index (κ3) is 5.39. The van der Waals surface area contributed by atoms with Crippen molar-refractivity contribution in [2.75, 3.05) is 0 Å². The highest BCUT2D eigenvalue weighted by Gasteiger charge is 2.35. The van der Waals surface area contributed by atoms with Crippen molar-refractivity contribution < 1.29 is 4.42 Å². The monoisotopic (exact) mass is 773 g/mol. The second kappa shape index (κ2) is 12.9. The van der Waals surface area contributed by atoms with E-state index >= 15 is 0 Å². The van der Waals surface area contributed by atoms with E-state index in [0.29, 0.717) is 17.5 Å². The maximum Gasteiger partial charge on any atom is 0.164 e. The Morgan fingerprint density at radius 1 is 0.390 bits per heavy atom. The van der Waals surface area contributed by atoms with E-state index in [9.17, 15) is 0 Å². The van der Waals surface area contributed by atoms with Crippen LogP contribution in [0.2, 0.25) is 0 Å². The third-order valence-electron chi connectivity index (χ3n) is 12.2. The normalized spacial score (nSPS) is 13.1. The fourth-order valence-electron chi connectivity index (χ4n) is 9.14. The fourth-order valence-corrected chi connectivity index (χ4v) is 10.3.